The number of rotatable bonds is 6. The molecule has 2 aromatic rings. The summed E-state index contributed by atoms with van der Waals surface area (Å²) in [5, 5.41) is 11.9. The van der Waals surface area contributed by atoms with E-state index in [1.54, 1.807) is 25.1 Å². The lowest BCUT2D eigenvalue weighted by Gasteiger charge is -2.47. The van der Waals surface area contributed by atoms with Crippen LogP contribution in [0.4, 0.5) is 13.2 Å². The van der Waals surface area contributed by atoms with Gasteiger partial charge in [0.2, 0.25) is 5.91 Å². The number of aliphatic hydroxyl groups excluding tert-OH is 1. The third kappa shape index (κ3) is 4.91. The fraction of sp³-hybridized carbons (Fsp3) is 0.480. The summed E-state index contributed by atoms with van der Waals surface area (Å²) < 4.78 is 45.7. The largest absolute Gasteiger partial charge is 0.417 e. The van der Waals surface area contributed by atoms with Crippen molar-refractivity contribution in [3.05, 3.63) is 58.6 Å². The maximum atomic E-state index is 13.6. The predicted molar refractivity (Wildman–Crippen MR) is 122 cm³/mol. The number of benzene rings is 2. The lowest BCUT2D eigenvalue weighted by Crippen LogP contribution is -2.54. The summed E-state index contributed by atoms with van der Waals surface area (Å²) in [6, 6.07) is 12.7. The van der Waals surface area contributed by atoms with Crippen LogP contribution in [-0.2, 0) is 9.53 Å². The zero-order valence-corrected chi connectivity index (χ0v) is 19.6. The molecule has 8 heteroatoms. The van der Waals surface area contributed by atoms with Crippen molar-refractivity contribution in [1.82, 2.24) is 0 Å². The van der Waals surface area contributed by atoms with Crippen LogP contribution in [0.5, 0.6) is 0 Å². The van der Waals surface area contributed by atoms with Crippen LogP contribution in [0.2, 0.25) is 5.02 Å². The Bertz CT molecular complexity index is 999. The Hall–Kier alpha value is -2.09. The molecule has 0 radical (unpaired) electrons. The van der Waals surface area contributed by atoms with Gasteiger partial charge in [0.1, 0.15) is 0 Å². The molecule has 4 nitrogen and oxygen atoms in total. The quantitative estimate of drug-likeness (QED) is 0.547. The van der Waals surface area contributed by atoms with E-state index >= 15 is 0 Å². The molecule has 180 valence electrons. The average molecular weight is 484 g/mol. The van der Waals surface area contributed by atoms with E-state index in [1.807, 2.05) is 31.2 Å². The molecule has 3 rings (SSSR count). The molecule has 1 fully saturated rings. The molecule has 0 aromatic heterocycles. The maximum absolute atomic E-state index is 13.6. The van der Waals surface area contributed by atoms with Crippen molar-refractivity contribution in [3.8, 4) is 11.1 Å². The van der Waals surface area contributed by atoms with Crippen molar-refractivity contribution < 1.29 is 27.8 Å². The van der Waals surface area contributed by atoms with Crippen molar-refractivity contribution in [2.45, 2.75) is 63.3 Å². The molecule has 3 N–H and O–H groups in total. The number of nitrogens with two attached hydrogens (primary N) is 1. The third-order valence-electron chi connectivity index (χ3n) is 7.24. The van der Waals surface area contributed by atoms with E-state index in [9.17, 15) is 23.1 Å². The highest BCUT2D eigenvalue weighted by Gasteiger charge is 2.59. The van der Waals surface area contributed by atoms with Gasteiger partial charge in [-0.1, -0.05) is 42.8 Å². The number of alkyl halides is 3. The molecule has 0 bridgehead atoms. The summed E-state index contributed by atoms with van der Waals surface area (Å²) in [6.07, 6.45) is -6.27. The number of aliphatic hydroxyl groups is 1. The Balaban J connectivity index is 1.94. The van der Waals surface area contributed by atoms with Crippen LogP contribution in [0.1, 0.15) is 49.7 Å². The zero-order valence-electron chi connectivity index (χ0n) is 18.9. The molecule has 0 spiro atoms. The van der Waals surface area contributed by atoms with Crippen LogP contribution in [0.25, 0.3) is 11.1 Å². The number of hydrogen-bond donors (Lipinski definition) is 2. The fourth-order valence-electron chi connectivity index (χ4n) is 4.80. The minimum Gasteiger partial charge on any atom is -0.391 e. The van der Waals surface area contributed by atoms with Crippen LogP contribution in [0, 0.1) is 12.3 Å². The van der Waals surface area contributed by atoms with Gasteiger partial charge in [-0.15, -0.1) is 0 Å². The first-order chi connectivity index (χ1) is 15.3. The summed E-state index contributed by atoms with van der Waals surface area (Å²) >= 11 is 5.98. The number of ether oxygens (including phenoxy) is 1. The van der Waals surface area contributed by atoms with E-state index in [4.69, 9.17) is 22.1 Å². The van der Waals surface area contributed by atoms with Crippen molar-refractivity contribution in [2.24, 2.45) is 11.1 Å². The van der Waals surface area contributed by atoms with E-state index in [2.05, 4.69) is 0 Å². The summed E-state index contributed by atoms with van der Waals surface area (Å²) in [7, 11) is 1.06. The SMILES string of the molecule is COC1(C(F)(F)F)CCC(C)(C(O)C(C(N)=O)c2cc(-c3ccc(Cl)cc3)ccc2C)CC1. The highest BCUT2D eigenvalue weighted by Crippen LogP contribution is 2.52. The first kappa shape index (κ1) is 25.5. The lowest BCUT2D eigenvalue weighted by atomic mass is 9.63. The molecular weight excluding hydrogens is 455 g/mol. The van der Waals surface area contributed by atoms with Crippen molar-refractivity contribution in [1.29, 1.82) is 0 Å². The first-order valence-electron chi connectivity index (χ1n) is 10.8. The molecule has 33 heavy (non-hydrogen) atoms. The number of carbonyl (C=O) groups excluding carboxylic acids is 1. The Morgan fingerprint density at radius 2 is 1.64 bits per heavy atom. The molecule has 1 saturated carbocycles. The van der Waals surface area contributed by atoms with Gasteiger partial charge in [-0.25, -0.2) is 0 Å². The predicted octanol–water partition coefficient (Wildman–Crippen LogP) is 5.77. The number of carbonyl (C=O) groups is 1. The molecule has 0 aliphatic heterocycles. The van der Waals surface area contributed by atoms with Gasteiger partial charge in [-0.3, -0.25) is 4.79 Å². The van der Waals surface area contributed by atoms with E-state index in [-0.39, 0.29) is 25.7 Å². The van der Waals surface area contributed by atoms with Crippen molar-refractivity contribution in [2.75, 3.05) is 7.11 Å². The second-order valence-corrected chi connectivity index (χ2v) is 9.69. The van der Waals surface area contributed by atoms with Crippen LogP contribution in [0.15, 0.2) is 42.5 Å². The van der Waals surface area contributed by atoms with Crippen LogP contribution in [-0.4, -0.2) is 36.0 Å². The molecule has 1 aliphatic carbocycles. The van der Waals surface area contributed by atoms with E-state index in [1.165, 1.54) is 0 Å². The fourth-order valence-corrected chi connectivity index (χ4v) is 4.93. The summed E-state index contributed by atoms with van der Waals surface area (Å²) in [6.45, 7) is 3.52. The van der Waals surface area contributed by atoms with E-state index in [0.717, 1.165) is 23.8 Å². The molecule has 2 aromatic carbocycles. The highest BCUT2D eigenvalue weighted by molar-refractivity contribution is 6.30. The molecule has 2 unspecified atom stereocenters. The second-order valence-electron chi connectivity index (χ2n) is 9.25. The van der Waals surface area contributed by atoms with Crippen LogP contribution < -0.4 is 5.73 Å². The molecule has 2 atom stereocenters. The Labute approximate surface area is 196 Å². The molecule has 0 saturated heterocycles. The normalized spacial score (nSPS) is 25.5. The minimum absolute atomic E-state index is 0.0429. The zero-order chi connectivity index (χ0) is 24.6. The maximum Gasteiger partial charge on any atom is 0.417 e. The highest BCUT2D eigenvalue weighted by atomic mass is 35.5. The number of aryl methyl sites for hydroxylation is 1. The monoisotopic (exact) mass is 483 g/mol. The Kier molecular flexibility index (Phi) is 7.18. The second kappa shape index (κ2) is 9.28. The van der Waals surface area contributed by atoms with E-state index in [0.29, 0.717) is 10.6 Å². The number of hydrogen-bond acceptors (Lipinski definition) is 3. The van der Waals surface area contributed by atoms with Crippen molar-refractivity contribution in [3.63, 3.8) is 0 Å². The van der Waals surface area contributed by atoms with Gasteiger partial charge in [0.25, 0.3) is 0 Å². The van der Waals surface area contributed by atoms with Gasteiger partial charge < -0.3 is 15.6 Å². The number of halogens is 4. The first-order valence-corrected chi connectivity index (χ1v) is 11.2. The van der Waals surface area contributed by atoms with Gasteiger partial charge in [0, 0.05) is 12.1 Å². The lowest BCUT2D eigenvalue weighted by molar-refractivity contribution is -0.287. The van der Waals surface area contributed by atoms with Gasteiger partial charge in [-0.05, 0) is 78.5 Å². The molecule has 0 heterocycles. The van der Waals surface area contributed by atoms with Crippen LogP contribution in [0.3, 0.4) is 0 Å². The van der Waals surface area contributed by atoms with Crippen LogP contribution >= 0.6 is 11.6 Å². The Morgan fingerprint density at radius 3 is 2.12 bits per heavy atom. The van der Waals surface area contributed by atoms with Gasteiger partial charge in [-0.2, -0.15) is 13.2 Å². The van der Waals surface area contributed by atoms with Crippen molar-refractivity contribution >= 4 is 17.5 Å². The Morgan fingerprint density at radius 1 is 1.09 bits per heavy atom. The standard InChI is InChI=1S/C25H29ClF3NO3/c1-15-4-5-17(16-6-8-18(26)9-7-16)14-19(15)20(22(30)32)21(31)23(2)10-12-24(33-3,13-11-23)25(27,28)29/h4-9,14,20-21,31H,10-13H2,1-3H3,(H2,30,32). The van der Waals surface area contributed by atoms with Gasteiger partial charge >= 0.3 is 6.18 Å². The molecular formula is C25H29ClF3NO3. The van der Waals surface area contributed by atoms with E-state index < -0.39 is 35.1 Å². The summed E-state index contributed by atoms with van der Waals surface area (Å²) in [5.74, 6) is -1.79. The topological polar surface area (TPSA) is 72.6 Å². The number of methoxy groups -OCH3 is 1. The average Bonchev–Trinajstić information content (AvgIpc) is 2.75. The number of amides is 1. The minimum atomic E-state index is -4.51. The smallest absolute Gasteiger partial charge is 0.391 e. The summed E-state index contributed by atoms with van der Waals surface area (Å²) in [4.78, 5) is 12.6. The van der Waals surface area contributed by atoms with Gasteiger partial charge in [0.15, 0.2) is 5.60 Å². The third-order valence-corrected chi connectivity index (χ3v) is 7.49. The van der Waals surface area contributed by atoms with Gasteiger partial charge in [0.05, 0.1) is 12.0 Å². The number of primary amides is 1. The summed E-state index contributed by atoms with van der Waals surface area (Å²) in [5.41, 5.74) is 5.57. The molecule has 1 aliphatic rings. The molecule has 1 amide bonds.